The molecule has 1 saturated heterocycles. The van der Waals surface area contributed by atoms with Gasteiger partial charge < -0.3 is 24.1 Å². The van der Waals surface area contributed by atoms with Crippen LogP contribution in [0.4, 0.5) is 0 Å². The summed E-state index contributed by atoms with van der Waals surface area (Å²) < 4.78 is 21.6. The molecule has 1 aliphatic rings. The lowest BCUT2D eigenvalue weighted by atomic mass is 10.5. The molecular weight excluding hydrogens is 300 g/mol. The minimum Gasteiger partial charge on any atom is -0.391 e. The van der Waals surface area contributed by atoms with Gasteiger partial charge in [0.05, 0.1) is 59.0 Å². The van der Waals surface area contributed by atoms with Gasteiger partial charge in [-0.2, -0.15) is 23.5 Å². The Morgan fingerprint density at radius 3 is 1.35 bits per heavy atom. The highest BCUT2D eigenvalue weighted by molar-refractivity contribution is 8.00. The second-order valence-electron chi connectivity index (χ2n) is 4.25. The van der Waals surface area contributed by atoms with Gasteiger partial charge in [0.2, 0.25) is 0 Å². The van der Waals surface area contributed by atoms with Gasteiger partial charge >= 0.3 is 0 Å². The highest BCUT2D eigenvalue weighted by Gasteiger charge is 2.04. The molecule has 0 aliphatic carbocycles. The fraction of sp³-hybridized carbons (Fsp3) is 1.00. The molecule has 20 heavy (non-hydrogen) atoms. The average molecular weight is 326 g/mol. The molecule has 1 fully saturated rings. The van der Waals surface area contributed by atoms with E-state index in [1.54, 1.807) is 23.5 Å². The minimum absolute atomic E-state index is 0.251. The molecule has 7 heteroatoms. The minimum atomic E-state index is -0.251. The molecule has 0 amide bonds. The van der Waals surface area contributed by atoms with E-state index in [2.05, 4.69) is 0 Å². The third-order valence-corrected chi connectivity index (χ3v) is 4.63. The summed E-state index contributed by atoms with van der Waals surface area (Å²) in [7, 11) is 0. The zero-order valence-electron chi connectivity index (χ0n) is 12.0. The number of hydrogen-bond donors (Lipinski definition) is 1. The van der Waals surface area contributed by atoms with Crippen molar-refractivity contribution < 1.29 is 24.1 Å². The van der Waals surface area contributed by atoms with E-state index in [-0.39, 0.29) is 6.10 Å². The number of aliphatic hydroxyl groups is 1. The van der Waals surface area contributed by atoms with Crippen LogP contribution in [-0.2, 0) is 18.9 Å². The van der Waals surface area contributed by atoms with Gasteiger partial charge in [-0.05, 0) is 0 Å². The molecule has 0 atom stereocenters. The van der Waals surface area contributed by atoms with Crippen molar-refractivity contribution in [2.45, 2.75) is 6.10 Å². The van der Waals surface area contributed by atoms with Gasteiger partial charge in [-0.25, -0.2) is 0 Å². The smallest absolute Gasteiger partial charge is 0.0720 e. The molecule has 0 unspecified atom stereocenters. The molecule has 1 rings (SSSR count). The molecule has 1 heterocycles. The van der Waals surface area contributed by atoms with Crippen LogP contribution in [0.15, 0.2) is 0 Å². The molecule has 0 radical (unpaired) electrons. The predicted octanol–water partition coefficient (Wildman–Crippen LogP) is 0.894. The van der Waals surface area contributed by atoms with E-state index in [9.17, 15) is 5.11 Å². The molecular formula is C13H26O5S2. The highest BCUT2D eigenvalue weighted by atomic mass is 32.2. The monoisotopic (exact) mass is 326 g/mol. The van der Waals surface area contributed by atoms with Crippen LogP contribution in [0.25, 0.3) is 0 Å². The van der Waals surface area contributed by atoms with Crippen LogP contribution >= 0.6 is 23.5 Å². The lowest BCUT2D eigenvalue weighted by Gasteiger charge is -2.10. The van der Waals surface area contributed by atoms with Crippen molar-refractivity contribution >= 4 is 23.5 Å². The average Bonchev–Trinajstić information content (AvgIpc) is 2.45. The predicted molar refractivity (Wildman–Crippen MR) is 83.9 cm³/mol. The maximum Gasteiger partial charge on any atom is 0.0720 e. The second-order valence-corrected chi connectivity index (χ2v) is 6.55. The number of aliphatic hydroxyl groups excluding tert-OH is 1. The maximum atomic E-state index is 9.78. The van der Waals surface area contributed by atoms with Crippen molar-refractivity contribution in [3.8, 4) is 0 Å². The van der Waals surface area contributed by atoms with Crippen LogP contribution in [0.2, 0.25) is 0 Å². The Kier molecular flexibility index (Phi) is 13.4. The zero-order valence-corrected chi connectivity index (χ0v) is 13.6. The van der Waals surface area contributed by atoms with Crippen molar-refractivity contribution in [1.82, 2.24) is 0 Å². The fourth-order valence-corrected chi connectivity index (χ4v) is 3.22. The van der Waals surface area contributed by atoms with Crippen molar-refractivity contribution in [3.05, 3.63) is 0 Å². The molecule has 1 aliphatic heterocycles. The van der Waals surface area contributed by atoms with Crippen LogP contribution in [0, 0.1) is 0 Å². The summed E-state index contributed by atoms with van der Waals surface area (Å²) in [4.78, 5) is 0. The first kappa shape index (κ1) is 18.5. The first-order chi connectivity index (χ1) is 9.89. The fourth-order valence-electron chi connectivity index (χ4n) is 1.48. The zero-order chi connectivity index (χ0) is 14.3. The van der Waals surface area contributed by atoms with Crippen molar-refractivity contribution in [3.63, 3.8) is 0 Å². The molecule has 0 spiro atoms. The molecule has 0 saturated carbocycles. The third-order valence-electron chi connectivity index (χ3n) is 2.48. The number of ether oxygens (including phenoxy) is 4. The van der Waals surface area contributed by atoms with Gasteiger partial charge in [0.15, 0.2) is 0 Å². The Bertz CT molecular complexity index is 189. The van der Waals surface area contributed by atoms with E-state index in [1.165, 1.54) is 0 Å². The van der Waals surface area contributed by atoms with Gasteiger partial charge in [-0.1, -0.05) is 0 Å². The number of thioether (sulfide) groups is 2. The molecule has 0 bridgehead atoms. The molecule has 5 nitrogen and oxygen atoms in total. The third kappa shape index (κ3) is 12.3. The van der Waals surface area contributed by atoms with Crippen LogP contribution in [-0.4, -0.2) is 87.1 Å². The standard InChI is InChI=1S/C13H26O5S2/c14-13-11-19-9-7-17-5-3-15-1-2-16-4-6-18-8-10-20-12-13/h13-14H,1-12H2. The van der Waals surface area contributed by atoms with Crippen LogP contribution < -0.4 is 0 Å². The van der Waals surface area contributed by atoms with E-state index in [1.807, 2.05) is 0 Å². The summed E-state index contributed by atoms with van der Waals surface area (Å²) in [5, 5.41) is 9.78. The Labute approximate surface area is 130 Å². The summed E-state index contributed by atoms with van der Waals surface area (Å²) in [6.07, 6.45) is -0.251. The van der Waals surface area contributed by atoms with Crippen LogP contribution in [0.3, 0.4) is 0 Å². The van der Waals surface area contributed by atoms with Crippen molar-refractivity contribution in [2.24, 2.45) is 0 Å². The first-order valence-electron chi connectivity index (χ1n) is 7.04. The number of hydrogen-bond acceptors (Lipinski definition) is 7. The summed E-state index contributed by atoms with van der Waals surface area (Å²) in [5.41, 5.74) is 0. The SMILES string of the molecule is OC1CSCCOCCOCCOCCOCCSC1. The van der Waals surface area contributed by atoms with Crippen molar-refractivity contribution in [2.75, 3.05) is 75.9 Å². The van der Waals surface area contributed by atoms with Crippen molar-refractivity contribution in [1.29, 1.82) is 0 Å². The van der Waals surface area contributed by atoms with E-state index in [4.69, 9.17) is 18.9 Å². The molecule has 0 aromatic carbocycles. The summed E-state index contributed by atoms with van der Waals surface area (Å²) in [6, 6.07) is 0. The second kappa shape index (κ2) is 14.4. The number of rotatable bonds is 0. The summed E-state index contributed by atoms with van der Waals surface area (Å²) in [6.45, 7) is 5.04. The lowest BCUT2D eigenvalue weighted by Crippen LogP contribution is -2.15. The largest absolute Gasteiger partial charge is 0.391 e. The van der Waals surface area contributed by atoms with Crippen LogP contribution in [0.1, 0.15) is 0 Å². The van der Waals surface area contributed by atoms with E-state index in [0.717, 1.165) is 23.0 Å². The Morgan fingerprint density at radius 1 is 0.600 bits per heavy atom. The molecule has 0 aromatic rings. The van der Waals surface area contributed by atoms with E-state index < -0.39 is 0 Å². The Balaban J connectivity index is 2.09. The van der Waals surface area contributed by atoms with Gasteiger partial charge in [0.1, 0.15) is 0 Å². The first-order valence-corrected chi connectivity index (χ1v) is 9.35. The molecule has 120 valence electrons. The lowest BCUT2D eigenvalue weighted by molar-refractivity contribution is 0.00147. The normalized spacial score (nSPS) is 24.4. The van der Waals surface area contributed by atoms with E-state index >= 15 is 0 Å². The Hall–Kier alpha value is 0.500. The van der Waals surface area contributed by atoms with Gasteiger partial charge in [0, 0.05) is 23.0 Å². The summed E-state index contributed by atoms with van der Waals surface area (Å²) in [5.74, 6) is 3.35. The van der Waals surface area contributed by atoms with Gasteiger partial charge in [-0.15, -0.1) is 0 Å². The maximum absolute atomic E-state index is 9.78. The van der Waals surface area contributed by atoms with Crippen LogP contribution in [0.5, 0.6) is 0 Å². The molecule has 1 N–H and O–H groups in total. The van der Waals surface area contributed by atoms with E-state index in [0.29, 0.717) is 52.9 Å². The Morgan fingerprint density at radius 2 is 0.950 bits per heavy atom. The van der Waals surface area contributed by atoms with Gasteiger partial charge in [-0.3, -0.25) is 0 Å². The molecule has 0 aromatic heterocycles. The topological polar surface area (TPSA) is 57.2 Å². The van der Waals surface area contributed by atoms with Gasteiger partial charge in [0.25, 0.3) is 0 Å². The quantitative estimate of drug-likeness (QED) is 0.709. The summed E-state index contributed by atoms with van der Waals surface area (Å²) >= 11 is 3.46. The highest BCUT2D eigenvalue weighted by Crippen LogP contribution is 2.09.